The molecule has 0 radical (unpaired) electrons. The first-order valence-corrected chi connectivity index (χ1v) is 16.9. The van der Waals surface area contributed by atoms with E-state index in [9.17, 15) is 0 Å². The standard InChI is InChI=1S/C47H32N2O/c1-4-13-35(14-5-1)43-30-31-44(46-45(43)48-47(50-46)37-15-6-2-7-16-37)36-24-28-42(29-25-36)49(40-18-8-3-9-19-40)41-26-22-34(23-27-41)39-21-20-33-12-10-11-17-38(33)32-39/h1-32H. The van der Waals surface area contributed by atoms with Crippen LogP contribution in [-0.4, -0.2) is 4.98 Å². The minimum absolute atomic E-state index is 0.615. The molecule has 0 saturated heterocycles. The van der Waals surface area contributed by atoms with Crippen molar-refractivity contribution >= 4 is 38.9 Å². The topological polar surface area (TPSA) is 29.3 Å². The summed E-state index contributed by atoms with van der Waals surface area (Å²) in [6, 6.07) is 68.0. The Morgan fingerprint density at radius 2 is 0.860 bits per heavy atom. The first-order chi connectivity index (χ1) is 24.8. The predicted octanol–water partition coefficient (Wildman–Crippen LogP) is 13.1. The summed E-state index contributed by atoms with van der Waals surface area (Å²) < 4.78 is 6.57. The maximum atomic E-state index is 6.57. The summed E-state index contributed by atoms with van der Waals surface area (Å²) in [4.78, 5) is 7.34. The Hall–Kier alpha value is -6.71. The first kappa shape index (κ1) is 29.4. The smallest absolute Gasteiger partial charge is 0.227 e. The number of aromatic nitrogens is 1. The highest BCUT2D eigenvalue weighted by atomic mass is 16.3. The van der Waals surface area contributed by atoms with E-state index >= 15 is 0 Å². The van der Waals surface area contributed by atoms with Gasteiger partial charge in [0.05, 0.1) is 0 Å². The van der Waals surface area contributed by atoms with E-state index in [2.05, 4.69) is 163 Å². The largest absolute Gasteiger partial charge is 0.435 e. The van der Waals surface area contributed by atoms with E-state index in [0.29, 0.717) is 5.89 Å². The molecular formula is C47H32N2O. The fraction of sp³-hybridized carbons (Fsp3) is 0. The van der Waals surface area contributed by atoms with Gasteiger partial charge in [0.1, 0.15) is 5.52 Å². The summed E-state index contributed by atoms with van der Waals surface area (Å²) in [5.74, 6) is 0.615. The third-order valence-corrected chi connectivity index (χ3v) is 9.31. The van der Waals surface area contributed by atoms with Crippen LogP contribution >= 0.6 is 0 Å². The molecule has 0 aliphatic carbocycles. The molecule has 0 saturated carbocycles. The van der Waals surface area contributed by atoms with Crippen LogP contribution in [-0.2, 0) is 0 Å². The number of nitrogens with zero attached hydrogens (tertiary/aromatic N) is 2. The van der Waals surface area contributed by atoms with Gasteiger partial charge in [-0.2, -0.15) is 0 Å². The number of benzene rings is 8. The van der Waals surface area contributed by atoms with Crippen molar-refractivity contribution in [2.75, 3.05) is 4.90 Å². The number of anilines is 3. The second-order valence-corrected chi connectivity index (χ2v) is 12.4. The molecule has 9 aromatic rings. The van der Waals surface area contributed by atoms with Crippen molar-refractivity contribution < 1.29 is 4.42 Å². The van der Waals surface area contributed by atoms with Crippen molar-refractivity contribution in [1.29, 1.82) is 0 Å². The summed E-state index contributed by atoms with van der Waals surface area (Å²) in [5, 5.41) is 2.49. The molecule has 3 nitrogen and oxygen atoms in total. The van der Waals surface area contributed by atoms with Crippen LogP contribution in [0.3, 0.4) is 0 Å². The monoisotopic (exact) mass is 640 g/mol. The van der Waals surface area contributed by atoms with E-state index in [1.807, 2.05) is 36.4 Å². The molecule has 3 heteroatoms. The van der Waals surface area contributed by atoms with E-state index < -0.39 is 0 Å². The van der Waals surface area contributed by atoms with Gasteiger partial charge >= 0.3 is 0 Å². The van der Waals surface area contributed by atoms with Crippen LogP contribution in [0.2, 0.25) is 0 Å². The highest BCUT2D eigenvalue weighted by molar-refractivity contribution is 6.01. The van der Waals surface area contributed by atoms with Crippen molar-refractivity contribution in [3.8, 4) is 44.8 Å². The van der Waals surface area contributed by atoms with Gasteiger partial charge in [-0.25, -0.2) is 4.98 Å². The maximum Gasteiger partial charge on any atom is 0.227 e. The molecule has 0 amide bonds. The predicted molar refractivity (Wildman–Crippen MR) is 208 cm³/mol. The first-order valence-electron chi connectivity index (χ1n) is 16.9. The zero-order chi connectivity index (χ0) is 33.3. The van der Waals surface area contributed by atoms with E-state index in [1.165, 1.54) is 21.9 Å². The molecule has 1 aromatic heterocycles. The summed E-state index contributed by atoms with van der Waals surface area (Å²) in [7, 11) is 0. The van der Waals surface area contributed by atoms with Crippen LogP contribution in [0, 0.1) is 0 Å². The Morgan fingerprint density at radius 1 is 0.360 bits per heavy atom. The number of oxazole rings is 1. The summed E-state index contributed by atoms with van der Waals surface area (Å²) in [5.41, 5.74) is 12.5. The Labute approximate surface area is 291 Å². The van der Waals surface area contributed by atoms with Crippen LogP contribution in [0.5, 0.6) is 0 Å². The number of fused-ring (bicyclic) bond motifs is 2. The average molecular weight is 641 g/mol. The number of rotatable bonds is 7. The van der Waals surface area contributed by atoms with Crippen molar-refractivity contribution in [3.63, 3.8) is 0 Å². The summed E-state index contributed by atoms with van der Waals surface area (Å²) in [6.45, 7) is 0. The van der Waals surface area contributed by atoms with Crippen molar-refractivity contribution in [3.05, 3.63) is 194 Å². The van der Waals surface area contributed by atoms with Gasteiger partial charge in [0.2, 0.25) is 5.89 Å². The second kappa shape index (κ2) is 12.7. The van der Waals surface area contributed by atoms with Crippen molar-refractivity contribution in [2.45, 2.75) is 0 Å². The molecule has 0 unspecified atom stereocenters. The van der Waals surface area contributed by atoms with Gasteiger partial charge in [-0.05, 0) is 93.7 Å². The molecule has 50 heavy (non-hydrogen) atoms. The molecule has 0 bridgehead atoms. The highest BCUT2D eigenvalue weighted by Crippen LogP contribution is 2.40. The van der Waals surface area contributed by atoms with Crippen LogP contribution in [0.15, 0.2) is 199 Å². The lowest BCUT2D eigenvalue weighted by molar-refractivity contribution is 0.621. The molecule has 1 heterocycles. The van der Waals surface area contributed by atoms with Gasteiger partial charge in [-0.1, -0.05) is 133 Å². The minimum atomic E-state index is 0.615. The molecule has 0 spiro atoms. The van der Waals surface area contributed by atoms with Gasteiger partial charge in [0.25, 0.3) is 0 Å². The zero-order valence-electron chi connectivity index (χ0n) is 27.3. The summed E-state index contributed by atoms with van der Waals surface area (Å²) in [6.07, 6.45) is 0. The fourth-order valence-electron chi connectivity index (χ4n) is 6.77. The van der Waals surface area contributed by atoms with Crippen LogP contribution < -0.4 is 4.90 Å². The molecule has 236 valence electrons. The fourth-order valence-corrected chi connectivity index (χ4v) is 6.77. The van der Waals surface area contributed by atoms with E-state index in [0.717, 1.165) is 56.0 Å². The van der Waals surface area contributed by atoms with Gasteiger partial charge in [0, 0.05) is 33.8 Å². The Balaban J connectivity index is 1.10. The quantitative estimate of drug-likeness (QED) is 0.174. The molecule has 0 N–H and O–H groups in total. The number of hydrogen-bond acceptors (Lipinski definition) is 3. The lowest BCUT2D eigenvalue weighted by Gasteiger charge is -2.26. The normalized spacial score (nSPS) is 11.2. The molecule has 0 aliphatic heterocycles. The third kappa shape index (κ3) is 5.51. The third-order valence-electron chi connectivity index (χ3n) is 9.31. The van der Waals surface area contributed by atoms with Crippen molar-refractivity contribution in [1.82, 2.24) is 4.98 Å². The zero-order valence-corrected chi connectivity index (χ0v) is 27.3. The summed E-state index contributed by atoms with van der Waals surface area (Å²) >= 11 is 0. The van der Waals surface area contributed by atoms with Gasteiger partial charge in [-0.3, -0.25) is 0 Å². The Bertz CT molecular complexity index is 2560. The molecule has 8 aromatic carbocycles. The van der Waals surface area contributed by atoms with Gasteiger partial charge < -0.3 is 9.32 Å². The highest BCUT2D eigenvalue weighted by Gasteiger charge is 2.19. The van der Waals surface area contributed by atoms with Crippen LogP contribution in [0.1, 0.15) is 0 Å². The lowest BCUT2D eigenvalue weighted by atomic mass is 9.98. The number of para-hydroxylation sites is 1. The molecule has 9 rings (SSSR count). The van der Waals surface area contributed by atoms with Gasteiger partial charge in [0.15, 0.2) is 5.58 Å². The van der Waals surface area contributed by atoms with E-state index in [-0.39, 0.29) is 0 Å². The second-order valence-electron chi connectivity index (χ2n) is 12.4. The van der Waals surface area contributed by atoms with Crippen molar-refractivity contribution in [2.24, 2.45) is 0 Å². The van der Waals surface area contributed by atoms with Crippen LogP contribution in [0.4, 0.5) is 17.1 Å². The molecular weight excluding hydrogens is 609 g/mol. The minimum Gasteiger partial charge on any atom is -0.435 e. The maximum absolute atomic E-state index is 6.57. The van der Waals surface area contributed by atoms with Gasteiger partial charge in [-0.15, -0.1) is 0 Å². The number of hydrogen-bond donors (Lipinski definition) is 0. The molecule has 0 atom stereocenters. The SMILES string of the molecule is c1ccc(-c2nc3c(-c4ccccc4)ccc(-c4ccc(N(c5ccccc5)c5ccc(-c6ccc7ccccc7c6)cc5)cc4)c3o2)cc1. The average Bonchev–Trinajstić information content (AvgIpc) is 3.65. The van der Waals surface area contributed by atoms with Crippen LogP contribution in [0.25, 0.3) is 66.7 Å². The van der Waals surface area contributed by atoms with E-state index in [1.54, 1.807) is 0 Å². The Morgan fingerprint density at radius 3 is 1.54 bits per heavy atom. The Kier molecular flexibility index (Phi) is 7.49. The molecule has 0 aliphatic rings. The van der Waals surface area contributed by atoms with E-state index in [4.69, 9.17) is 9.40 Å². The molecule has 0 fully saturated rings. The lowest BCUT2D eigenvalue weighted by Crippen LogP contribution is -2.09.